The van der Waals surface area contributed by atoms with E-state index in [0.717, 1.165) is 11.6 Å². The van der Waals surface area contributed by atoms with Crippen molar-refractivity contribution in [3.05, 3.63) is 114 Å². The number of carbonyl (C=O) groups excluding carboxylic acids is 1. The minimum atomic E-state index is -3.90. The van der Waals surface area contributed by atoms with E-state index in [1.54, 1.807) is 42.6 Å². The number of aromatic amines is 1. The topological polar surface area (TPSA) is 138 Å². The number of hydrogen-bond donors (Lipinski definition) is 4. The van der Waals surface area contributed by atoms with Crippen LogP contribution in [0.3, 0.4) is 0 Å². The molecule has 0 fully saturated rings. The molecule has 5 aromatic rings. The van der Waals surface area contributed by atoms with Crippen molar-refractivity contribution in [2.45, 2.75) is 23.8 Å². The Balaban J connectivity index is 1.51. The summed E-state index contributed by atoms with van der Waals surface area (Å²) < 4.78 is 51.5. The Hall–Kier alpha value is -4.61. The molecule has 2 aromatic heterocycles. The van der Waals surface area contributed by atoms with Gasteiger partial charge in [-0.2, -0.15) is 0 Å². The van der Waals surface area contributed by atoms with Gasteiger partial charge in [-0.05, 0) is 71.6 Å². The molecule has 1 atom stereocenters. The number of phenolic OH excluding ortho intramolecular Hbond substituents is 1. The monoisotopic (exact) mass is 562 g/mol. The highest BCUT2D eigenvalue weighted by Gasteiger charge is 2.22. The standard InChI is InChI=1S/C29H24F2N4O4S/c30-20-10-17(11-21(31)14-20)12-27(35-28(37)13-19-16-34-26-8-5-22(36)15-25(19)26)29-24(2-1-9-33-29)18-3-6-23(7-4-18)40(32,38)39/h1-11,14-16,27,34,36H,12-13H2,(H,35,37)(H2,32,38,39). The molecule has 0 radical (unpaired) electrons. The van der Waals surface area contributed by atoms with Crippen LogP contribution in [0.5, 0.6) is 5.75 Å². The molecule has 5 rings (SSSR count). The van der Waals surface area contributed by atoms with Gasteiger partial charge in [0.1, 0.15) is 17.4 Å². The maximum atomic E-state index is 14.0. The Labute approximate surface area is 228 Å². The predicted octanol–water partition coefficient (Wildman–Crippen LogP) is 4.50. The number of phenols is 1. The number of aromatic nitrogens is 2. The normalized spacial score (nSPS) is 12.4. The summed E-state index contributed by atoms with van der Waals surface area (Å²) in [7, 11) is -3.90. The first-order valence-electron chi connectivity index (χ1n) is 12.2. The minimum absolute atomic E-state index is 0.0222. The number of benzene rings is 3. The van der Waals surface area contributed by atoms with E-state index in [2.05, 4.69) is 15.3 Å². The van der Waals surface area contributed by atoms with E-state index in [0.29, 0.717) is 33.3 Å². The molecule has 0 spiro atoms. The highest BCUT2D eigenvalue weighted by molar-refractivity contribution is 7.89. The zero-order valence-corrected chi connectivity index (χ0v) is 21.8. The van der Waals surface area contributed by atoms with E-state index < -0.39 is 27.7 Å². The lowest BCUT2D eigenvalue weighted by Gasteiger charge is -2.22. The third kappa shape index (κ3) is 6.00. The van der Waals surface area contributed by atoms with E-state index in [4.69, 9.17) is 5.14 Å². The lowest BCUT2D eigenvalue weighted by Crippen LogP contribution is -2.32. The highest BCUT2D eigenvalue weighted by atomic mass is 32.2. The highest BCUT2D eigenvalue weighted by Crippen LogP contribution is 2.30. The van der Waals surface area contributed by atoms with Crippen LogP contribution in [0.2, 0.25) is 0 Å². The zero-order chi connectivity index (χ0) is 28.4. The number of nitrogens with two attached hydrogens (primary N) is 1. The number of nitrogens with zero attached hydrogens (tertiary/aromatic N) is 1. The van der Waals surface area contributed by atoms with Crippen LogP contribution in [-0.2, 0) is 27.7 Å². The number of aromatic hydroxyl groups is 1. The number of rotatable bonds is 8. The van der Waals surface area contributed by atoms with Crippen LogP contribution in [0.25, 0.3) is 22.0 Å². The minimum Gasteiger partial charge on any atom is -0.508 e. The van der Waals surface area contributed by atoms with Crippen LogP contribution in [0.1, 0.15) is 22.9 Å². The van der Waals surface area contributed by atoms with Crippen LogP contribution in [0.4, 0.5) is 8.78 Å². The number of halogens is 2. The first-order chi connectivity index (χ1) is 19.1. The quantitative estimate of drug-likeness (QED) is 0.221. The molecule has 0 saturated carbocycles. The molecule has 2 heterocycles. The van der Waals surface area contributed by atoms with Gasteiger partial charge in [0.15, 0.2) is 0 Å². The number of primary sulfonamides is 1. The third-order valence-electron chi connectivity index (χ3n) is 6.46. The molecule has 40 heavy (non-hydrogen) atoms. The molecule has 0 aliphatic carbocycles. The van der Waals surface area contributed by atoms with Gasteiger partial charge in [-0.15, -0.1) is 0 Å². The van der Waals surface area contributed by atoms with Crippen LogP contribution >= 0.6 is 0 Å². The molecule has 1 amide bonds. The van der Waals surface area contributed by atoms with E-state index in [1.807, 2.05) is 0 Å². The molecule has 0 saturated heterocycles. The molecule has 3 aromatic carbocycles. The molecule has 8 nitrogen and oxygen atoms in total. The Kier molecular flexibility index (Phi) is 7.33. The maximum absolute atomic E-state index is 14.0. The molecule has 5 N–H and O–H groups in total. The number of hydrogen-bond acceptors (Lipinski definition) is 5. The van der Waals surface area contributed by atoms with Gasteiger partial charge in [0.2, 0.25) is 15.9 Å². The fourth-order valence-corrected chi connectivity index (χ4v) is 5.19. The van der Waals surface area contributed by atoms with Crippen molar-refractivity contribution in [1.29, 1.82) is 0 Å². The number of amides is 1. The van der Waals surface area contributed by atoms with Crippen LogP contribution in [0.15, 0.2) is 90.1 Å². The van der Waals surface area contributed by atoms with Crippen molar-refractivity contribution in [1.82, 2.24) is 15.3 Å². The summed E-state index contributed by atoms with van der Waals surface area (Å²) >= 11 is 0. The lowest BCUT2D eigenvalue weighted by atomic mass is 9.95. The first kappa shape index (κ1) is 27.0. The van der Waals surface area contributed by atoms with Crippen LogP contribution < -0.4 is 10.5 Å². The fourth-order valence-electron chi connectivity index (χ4n) is 4.68. The van der Waals surface area contributed by atoms with Crippen molar-refractivity contribution in [3.8, 4) is 16.9 Å². The SMILES string of the molecule is NS(=O)(=O)c1ccc(-c2cccnc2C(Cc2cc(F)cc(F)c2)NC(=O)Cc2c[nH]c3ccc(O)cc23)cc1. The summed E-state index contributed by atoms with van der Waals surface area (Å²) in [4.78, 5) is 20.8. The summed E-state index contributed by atoms with van der Waals surface area (Å²) in [6.07, 6.45) is 3.20. The number of nitrogens with one attached hydrogen (secondary N) is 2. The Bertz CT molecular complexity index is 1800. The van der Waals surface area contributed by atoms with Gasteiger partial charge >= 0.3 is 0 Å². The third-order valence-corrected chi connectivity index (χ3v) is 7.39. The second kappa shape index (κ2) is 10.9. The van der Waals surface area contributed by atoms with E-state index in [9.17, 15) is 27.1 Å². The van der Waals surface area contributed by atoms with Gasteiger partial charge in [0.05, 0.1) is 23.1 Å². The maximum Gasteiger partial charge on any atom is 0.238 e. The van der Waals surface area contributed by atoms with E-state index in [1.165, 1.54) is 36.5 Å². The number of fused-ring (bicyclic) bond motifs is 1. The summed E-state index contributed by atoms with van der Waals surface area (Å²) in [6, 6.07) is 16.4. The van der Waals surface area contributed by atoms with Gasteiger partial charge in [0.25, 0.3) is 0 Å². The molecule has 204 valence electrons. The van der Waals surface area contributed by atoms with Crippen molar-refractivity contribution < 1.29 is 27.1 Å². The summed E-state index contributed by atoms with van der Waals surface area (Å²) in [5, 5.41) is 18.7. The van der Waals surface area contributed by atoms with Crippen molar-refractivity contribution in [2.75, 3.05) is 0 Å². The van der Waals surface area contributed by atoms with Crippen molar-refractivity contribution in [2.24, 2.45) is 5.14 Å². The fraction of sp³-hybridized carbons (Fsp3) is 0.103. The molecule has 0 aliphatic rings. The van der Waals surface area contributed by atoms with Gasteiger partial charge in [-0.3, -0.25) is 9.78 Å². The first-order valence-corrected chi connectivity index (χ1v) is 13.7. The summed E-state index contributed by atoms with van der Waals surface area (Å²) in [5.74, 6) is -1.82. The van der Waals surface area contributed by atoms with Gasteiger partial charge < -0.3 is 15.4 Å². The Morgan fingerprint density at radius 2 is 1.75 bits per heavy atom. The van der Waals surface area contributed by atoms with Crippen molar-refractivity contribution >= 4 is 26.8 Å². The largest absolute Gasteiger partial charge is 0.508 e. The zero-order valence-electron chi connectivity index (χ0n) is 20.9. The smallest absolute Gasteiger partial charge is 0.238 e. The molecular formula is C29H24F2N4O4S. The van der Waals surface area contributed by atoms with Crippen LogP contribution in [0, 0.1) is 11.6 Å². The van der Waals surface area contributed by atoms with Gasteiger partial charge in [-0.1, -0.05) is 18.2 Å². The summed E-state index contributed by atoms with van der Waals surface area (Å²) in [6.45, 7) is 0. The van der Waals surface area contributed by atoms with E-state index in [-0.39, 0.29) is 29.4 Å². The second-order valence-corrected chi connectivity index (χ2v) is 10.9. The number of sulfonamides is 1. The van der Waals surface area contributed by atoms with E-state index >= 15 is 0 Å². The van der Waals surface area contributed by atoms with Gasteiger partial charge in [0, 0.05) is 34.9 Å². The Morgan fingerprint density at radius 3 is 2.45 bits per heavy atom. The second-order valence-electron chi connectivity index (χ2n) is 9.33. The predicted molar refractivity (Wildman–Crippen MR) is 146 cm³/mol. The van der Waals surface area contributed by atoms with Crippen LogP contribution in [-0.4, -0.2) is 29.4 Å². The lowest BCUT2D eigenvalue weighted by molar-refractivity contribution is -0.121. The number of H-pyrrole nitrogens is 1. The number of pyridine rings is 1. The molecule has 0 bridgehead atoms. The van der Waals surface area contributed by atoms with Crippen molar-refractivity contribution in [3.63, 3.8) is 0 Å². The molecule has 0 aliphatic heterocycles. The molecule has 11 heteroatoms. The average molecular weight is 563 g/mol. The number of carbonyl (C=O) groups is 1. The Morgan fingerprint density at radius 1 is 1.02 bits per heavy atom. The molecule has 1 unspecified atom stereocenters. The average Bonchev–Trinajstić information content (AvgIpc) is 3.28. The van der Waals surface area contributed by atoms with Gasteiger partial charge in [-0.25, -0.2) is 22.3 Å². The summed E-state index contributed by atoms with van der Waals surface area (Å²) in [5.41, 5.74) is 3.32. The molecular weight excluding hydrogens is 538 g/mol.